The molecule has 1 aromatic rings. The van der Waals surface area contributed by atoms with Crippen molar-refractivity contribution in [3.63, 3.8) is 0 Å². The second-order valence-corrected chi connectivity index (χ2v) is 3.67. The van der Waals surface area contributed by atoms with Gasteiger partial charge in [-0.25, -0.2) is 5.06 Å². The number of hydrogen-bond donors (Lipinski definition) is 1. The molecule has 0 aliphatic carbocycles. The molecule has 0 aromatic heterocycles. The first-order chi connectivity index (χ1) is 7.83. The highest BCUT2D eigenvalue weighted by Crippen LogP contribution is 2.19. The summed E-state index contributed by atoms with van der Waals surface area (Å²) in [6.07, 6.45) is 0.912. The van der Waals surface area contributed by atoms with Crippen molar-refractivity contribution in [2.24, 2.45) is 0 Å². The van der Waals surface area contributed by atoms with Crippen LogP contribution in [0.5, 0.6) is 0 Å². The van der Waals surface area contributed by atoms with Gasteiger partial charge < -0.3 is 5.32 Å². The monoisotopic (exact) mass is 220 g/mol. The van der Waals surface area contributed by atoms with Crippen LogP contribution >= 0.6 is 0 Å². The van der Waals surface area contributed by atoms with Crippen LogP contribution in [-0.4, -0.2) is 30.7 Å². The van der Waals surface area contributed by atoms with Crippen LogP contribution in [-0.2, 0) is 4.84 Å². The van der Waals surface area contributed by atoms with E-state index >= 15 is 0 Å². The van der Waals surface area contributed by atoms with Crippen molar-refractivity contribution in [2.45, 2.75) is 13.3 Å². The van der Waals surface area contributed by atoms with Crippen molar-refractivity contribution in [1.82, 2.24) is 5.06 Å². The minimum atomic E-state index is -0.0611. The van der Waals surface area contributed by atoms with Crippen LogP contribution in [0.15, 0.2) is 24.3 Å². The Kier molecular flexibility index (Phi) is 3.41. The van der Waals surface area contributed by atoms with E-state index in [1.807, 2.05) is 31.2 Å². The van der Waals surface area contributed by atoms with Crippen molar-refractivity contribution in [1.29, 1.82) is 0 Å². The summed E-state index contributed by atoms with van der Waals surface area (Å²) in [6, 6.07) is 7.51. The normalized spacial score (nSPS) is 15.2. The molecule has 0 spiro atoms. The number of carbonyl (C=O) groups is 1. The molecule has 1 heterocycles. The Labute approximate surface area is 95.2 Å². The lowest BCUT2D eigenvalue weighted by molar-refractivity contribution is -0.0767. The molecule has 1 saturated heterocycles. The first-order valence-corrected chi connectivity index (χ1v) is 5.60. The Balaban J connectivity index is 2.21. The topological polar surface area (TPSA) is 41.6 Å². The van der Waals surface area contributed by atoms with E-state index in [2.05, 4.69) is 5.32 Å². The maximum Gasteiger partial charge on any atom is 0.279 e. The summed E-state index contributed by atoms with van der Waals surface area (Å²) in [5.74, 6) is -0.0611. The van der Waals surface area contributed by atoms with Crippen molar-refractivity contribution in [3.05, 3.63) is 29.8 Å². The molecule has 16 heavy (non-hydrogen) atoms. The highest BCUT2D eigenvalue weighted by molar-refractivity contribution is 5.99. The van der Waals surface area contributed by atoms with E-state index in [0.29, 0.717) is 18.7 Å². The van der Waals surface area contributed by atoms with Crippen LogP contribution in [0, 0.1) is 0 Å². The molecule has 1 fully saturated rings. The van der Waals surface area contributed by atoms with E-state index in [4.69, 9.17) is 4.84 Å². The molecule has 0 saturated carbocycles. The maximum atomic E-state index is 12.1. The van der Waals surface area contributed by atoms with Gasteiger partial charge in [-0.15, -0.1) is 0 Å². The van der Waals surface area contributed by atoms with Gasteiger partial charge in [-0.05, 0) is 25.5 Å². The van der Waals surface area contributed by atoms with E-state index in [-0.39, 0.29) is 5.91 Å². The van der Waals surface area contributed by atoms with E-state index in [0.717, 1.165) is 18.7 Å². The lowest BCUT2D eigenvalue weighted by atomic mass is 10.1. The Bertz CT molecular complexity index is 373. The van der Waals surface area contributed by atoms with Crippen molar-refractivity contribution in [3.8, 4) is 0 Å². The number of nitrogens with one attached hydrogen (secondary N) is 1. The third-order valence-corrected chi connectivity index (χ3v) is 2.50. The molecule has 4 nitrogen and oxygen atoms in total. The summed E-state index contributed by atoms with van der Waals surface area (Å²) >= 11 is 0. The van der Waals surface area contributed by atoms with Crippen LogP contribution in [0.1, 0.15) is 23.7 Å². The molecule has 2 rings (SSSR count). The zero-order chi connectivity index (χ0) is 11.4. The standard InChI is InChI=1S/C12H16N2O2/c1-2-13-11-7-4-3-6-10(11)12(15)14-8-5-9-16-14/h3-4,6-7,13H,2,5,8-9H2,1H3. The number of nitrogens with zero attached hydrogens (tertiary/aromatic N) is 1. The van der Waals surface area contributed by atoms with Gasteiger partial charge >= 0.3 is 0 Å². The van der Waals surface area contributed by atoms with Gasteiger partial charge in [-0.3, -0.25) is 9.63 Å². The van der Waals surface area contributed by atoms with Crippen molar-refractivity contribution in [2.75, 3.05) is 25.0 Å². The number of carbonyl (C=O) groups excluding carboxylic acids is 1. The second kappa shape index (κ2) is 4.99. The minimum absolute atomic E-state index is 0.0611. The average Bonchev–Trinajstić information content (AvgIpc) is 2.83. The lowest BCUT2D eigenvalue weighted by Crippen LogP contribution is -2.27. The summed E-state index contributed by atoms with van der Waals surface area (Å²) in [5, 5.41) is 4.62. The number of hydroxylamine groups is 2. The minimum Gasteiger partial charge on any atom is -0.385 e. The number of para-hydroxylation sites is 1. The molecule has 86 valence electrons. The van der Waals surface area contributed by atoms with Crippen molar-refractivity contribution >= 4 is 11.6 Å². The number of amides is 1. The van der Waals surface area contributed by atoms with Gasteiger partial charge in [0.15, 0.2) is 0 Å². The third-order valence-electron chi connectivity index (χ3n) is 2.50. The second-order valence-electron chi connectivity index (χ2n) is 3.67. The number of rotatable bonds is 3. The molecule has 0 bridgehead atoms. The molecule has 1 N–H and O–H groups in total. The van der Waals surface area contributed by atoms with E-state index in [1.54, 1.807) is 0 Å². The van der Waals surface area contributed by atoms with Crippen LogP contribution in [0.3, 0.4) is 0 Å². The largest absolute Gasteiger partial charge is 0.385 e. The third kappa shape index (κ3) is 2.17. The van der Waals surface area contributed by atoms with Crippen molar-refractivity contribution < 1.29 is 9.63 Å². The zero-order valence-electron chi connectivity index (χ0n) is 9.40. The first-order valence-electron chi connectivity index (χ1n) is 5.60. The lowest BCUT2D eigenvalue weighted by Gasteiger charge is -2.16. The molecular weight excluding hydrogens is 204 g/mol. The van der Waals surface area contributed by atoms with Gasteiger partial charge in [0.1, 0.15) is 0 Å². The molecule has 0 radical (unpaired) electrons. The summed E-state index contributed by atoms with van der Waals surface area (Å²) in [4.78, 5) is 17.4. The van der Waals surface area contributed by atoms with E-state index in [1.165, 1.54) is 5.06 Å². The average molecular weight is 220 g/mol. The number of anilines is 1. The van der Waals surface area contributed by atoms with Crippen LogP contribution in [0.25, 0.3) is 0 Å². The van der Waals surface area contributed by atoms with Gasteiger partial charge in [-0.1, -0.05) is 12.1 Å². The molecule has 4 heteroatoms. The molecule has 0 unspecified atom stereocenters. The summed E-state index contributed by atoms with van der Waals surface area (Å²) < 4.78 is 0. The Morgan fingerprint density at radius 2 is 2.31 bits per heavy atom. The van der Waals surface area contributed by atoms with E-state index < -0.39 is 0 Å². The zero-order valence-corrected chi connectivity index (χ0v) is 9.40. The summed E-state index contributed by atoms with van der Waals surface area (Å²) in [7, 11) is 0. The van der Waals surface area contributed by atoms with Crippen LogP contribution in [0.2, 0.25) is 0 Å². The molecule has 0 atom stereocenters. The fourth-order valence-corrected chi connectivity index (χ4v) is 1.76. The highest BCUT2D eigenvalue weighted by Gasteiger charge is 2.22. The Hall–Kier alpha value is -1.55. The van der Waals surface area contributed by atoms with Gasteiger partial charge in [0, 0.05) is 12.2 Å². The molecule has 1 aliphatic rings. The van der Waals surface area contributed by atoms with Crippen LogP contribution < -0.4 is 5.32 Å². The first kappa shape index (κ1) is 11.0. The SMILES string of the molecule is CCNc1ccccc1C(=O)N1CCCO1. The Morgan fingerprint density at radius 3 is 3.00 bits per heavy atom. The van der Waals surface area contributed by atoms with Gasteiger partial charge in [0.2, 0.25) is 0 Å². The fourth-order valence-electron chi connectivity index (χ4n) is 1.76. The predicted octanol–water partition coefficient (Wildman–Crippen LogP) is 1.90. The Morgan fingerprint density at radius 1 is 1.50 bits per heavy atom. The number of benzene rings is 1. The van der Waals surface area contributed by atoms with E-state index in [9.17, 15) is 4.79 Å². The van der Waals surface area contributed by atoms with Crippen LogP contribution in [0.4, 0.5) is 5.69 Å². The van der Waals surface area contributed by atoms with Gasteiger partial charge in [0.05, 0.1) is 18.7 Å². The highest BCUT2D eigenvalue weighted by atomic mass is 16.7. The predicted molar refractivity (Wildman–Crippen MR) is 62.2 cm³/mol. The number of hydrogen-bond acceptors (Lipinski definition) is 3. The molecule has 1 aliphatic heterocycles. The summed E-state index contributed by atoms with van der Waals surface area (Å²) in [6.45, 7) is 4.12. The summed E-state index contributed by atoms with van der Waals surface area (Å²) in [5.41, 5.74) is 1.54. The van der Waals surface area contributed by atoms with Gasteiger partial charge in [0.25, 0.3) is 5.91 Å². The molecule has 1 amide bonds. The molecule has 1 aromatic carbocycles. The molecular formula is C12H16N2O2. The quantitative estimate of drug-likeness (QED) is 0.845. The van der Waals surface area contributed by atoms with Gasteiger partial charge in [-0.2, -0.15) is 0 Å². The fraction of sp³-hybridized carbons (Fsp3) is 0.417. The smallest absolute Gasteiger partial charge is 0.279 e. The maximum absolute atomic E-state index is 12.1.